The molecule has 0 aliphatic rings. The molecule has 0 saturated heterocycles. The Morgan fingerprint density at radius 3 is 2.34 bits per heavy atom. The van der Waals surface area contributed by atoms with Crippen molar-refractivity contribution in [2.75, 3.05) is 11.5 Å². The molecule has 2 aromatic heterocycles. The van der Waals surface area contributed by atoms with Gasteiger partial charge in [0.05, 0.1) is 17.0 Å². The van der Waals surface area contributed by atoms with E-state index in [4.69, 9.17) is 23.1 Å². The van der Waals surface area contributed by atoms with E-state index in [1.165, 1.54) is 22.8 Å². The number of hydrogen-bond acceptors (Lipinski definition) is 8. The van der Waals surface area contributed by atoms with Crippen molar-refractivity contribution in [3.63, 3.8) is 0 Å². The number of benzene rings is 2. The first-order valence-corrected chi connectivity index (χ1v) is 10.4. The maximum Gasteiger partial charge on any atom is 0.418 e. The van der Waals surface area contributed by atoms with Crippen LogP contribution in [0.4, 0.5) is 25.1 Å². The van der Waals surface area contributed by atoms with Gasteiger partial charge in [-0.15, -0.1) is 10.2 Å². The highest BCUT2D eigenvalue weighted by Crippen LogP contribution is 2.38. The first-order chi connectivity index (χ1) is 15.2. The number of alkyl halides is 3. The molecule has 4 rings (SSSR count). The minimum atomic E-state index is -4.59. The summed E-state index contributed by atoms with van der Waals surface area (Å²) in [6.07, 6.45) is -4.59. The van der Waals surface area contributed by atoms with E-state index in [0.717, 1.165) is 17.8 Å². The molecule has 8 nitrogen and oxygen atoms in total. The summed E-state index contributed by atoms with van der Waals surface area (Å²) in [6.45, 7) is 0. The van der Waals surface area contributed by atoms with Gasteiger partial charge in [0, 0.05) is 10.6 Å². The highest BCUT2D eigenvalue weighted by atomic mass is 35.5. The van der Waals surface area contributed by atoms with Crippen molar-refractivity contribution in [3.8, 4) is 17.1 Å². The molecule has 0 spiro atoms. The average molecular weight is 479 g/mol. The third kappa shape index (κ3) is 4.60. The zero-order chi connectivity index (χ0) is 22.9. The van der Waals surface area contributed by atoms with Gasteiger partial charge in [-0.25, -0.2) is 0 Å². The molecule has 0 bridgehead atoms. The van der Waals surface area contributed by atoms with Crippen LogP contribution in [0.2, 0.25) is 5.02 Å². The van der Waals surface area contributed by atoms with Crippen LogP contribution in [0.1, 0.15) is 11.4 Å². The van der Waals surface area contributed by atoms with Crippen LogP contribution < -0.4 is 11.5 Å². The molecule has 0 aliphatic carbocycles. The Morgan fingerprint density at radius 1 is 0.938 bits per heavy atom. The van der Waals surface area contributed by atoms with Gasteiger partial charge in [-0.3, -0.25) is 4.57 Å². The Balaban J connectivity index is 1.83. The number of rotatable bonds is 5. The first-order valence-electron chi connectivity index (χ1n) is 8.99. The second kappa shape index (κ2) is 8.63. The van der Waals surface area contributed by atoms with Crippen LogP contribution in [0.5, 0.6) is 0 Å². The lowest BCUT2D eigenvalue weighted by atomic mass is 10.1. The van der Waals surface area contributed by atoms with E-state index in [1.54, 1.807) is 24.3 Å². The van der Waals surface area contributed by atoms with Crippen molar-refractivity contribution >= 4 is 35.3 Å². The molecule has 13 heteroatoms. The number of aromatic nitrogens is 6. The fourth-order valence-electron chi connectivity index (χ4n) is 2.95. The lowest BCUT2D eigenvalue weighted by Crippen LogP contribution is -2.12. The molecule has 0 amide bonds. The second-order valence-corrected chi connectivity index (χ2v) is 7.80. The Bertz CT molecular complexity index is 1260. The van der Waals surface area contributed by atoms with Gasteiger partial charge in [0.15, 0.2) is 11.0 Å². The van der Waals surface area contributed by atoms with Gasteiger partial charge in [0.1, 0.15) is 5.82 Å². The van der Waals surface area contributed by atoms with E-state index >= 15 is 0 Å². The van der Waals surface area contributed by atoms with Gasteiger partial charge in [0.25, 0.3) is 0 Å². The van der Waals surface area contributed by atoms with Crippen LogP contribution in [0.25, 0.3) is 17.1 Å². The minimum absolute atomic E-state index is 0.0587. The van der Waals surface area contributed by atoms with Crippen LogP contribution >= 0.6 is 23.4 Å². The molecule has 0 radical (unpaired) electrons. The standard InChI is InChI=1S/C19H14ClF3N8S/c20-11-5-3-4-10(8-11)15-29-30-18(32-9-14-26-16(24)28-17(25)27-14)31(15)13-7-2-1-6-12(13)19(21,22)23/h1-8H,9H2,(H4,24,25,26,27,28). The highest BCUT2D eigenvalue weighted by Gasteiger charge is 2.35. The van der Waals surface area contributed by atoms with Crippen molar-refractivity contribution in [2.45, 2.75) is 17.1 Å². The topological polar surface area (TPSA) is 121 Å². The largest absolute Gasteiger partial charge is 0.418 e. The molecule has 0 saturated carbocycles. The van der Waals surface area contributed by atoms with Crippen LogP contribution in [0, 0.1) is 0 Å². The summed E-state index contributed by atoms with van der Waals surface area (Å²) < 4.78 is 42.6. The van der Waals surface area contributed by atoms with Crippen LogP contribution in [-0.4, -0.2) is 29.7 Å². The first kappa shape index (κ1) is 21.8. The van der Waals surface area contributed by atoms with E-state index < -0.39 is 11.7 Å². The summed E-state index contributed by atoms with van der Waals surface area (Å²) in [4.78, 5) is 11.7. The van der Waals surface area contributed by atoms with Gasteiger partial charge in [-0.1, -0.05) is 47.6 Å². The fourth-order valence-corrected chi connectivity index (χ4v) is 3.94. The molecule has 0 atom stereocenters. The molecular formula is C19H14ClF3N8S. The van der Waals surface area contributed by atoms with E-state index in [-0.39, 0.29) is 40.1 Å². The summed E-state index contributed by atoms with van der Waals surface area (Å²) in [6, 6.07) is 11.8. The Morgan fingerprint density at radius 2 is 1.66 bits per heavy atom. The third-order valence-electron chi connectivity index (χ3n) is 4.21. The summed E-state index contributed by atoms with van der Waals surface area (Å²) in [5.74, 6) is 0.455. The van der Waals surface area contributed by atoms with Crippen LogP contribution in [0.15, 0.2) is 53.7 Å². The van der Waals surface area contributed by atoms with Crippen molar-refractivity contribution in [1.29, 1.82) is 0 Å². The summed E-state index contributed by atoms with van der Waals surface area (Å²) in [5, 5.41) is 8.85. The maximum atomic E-state index is 13.8. The number of halogens is 4. The molecule has 2 aromatic carbocycles. The second-order valence-electron chi connectivity index (χ2n) is 6.42. The zero-order valence-corrected chi connectivity index (χ0v) is 17.7. The minimum Gasteiger partial charge on any atom is -0.368 e. The summed E-state index contributed by atoms with van der Waals surface area (Å²) in [5.41, 5.74) is 10.7. The third-order valence-corrected chi connectivity index (χ3v) is 5.37. The zero-order valence-electron chi connectivity index (χ0n) is 16.1. The van der Waals surface area contributed by atoms with Crippen molar-refractivity contribution in [1.82, 2.24) is 29.7 Å². The van der Waals surface area contributed by atoms with Gasteiger partial charge >= 0.3 is 6.18 Å². The van der Waals surface area contributed by atoms with E-state index in [1.807, 2.05) is 0 Å². The van der Waals surface area contributed by atoms with E-state index in [9.17, 15) is 13.2 Å². The average Bonchev–Trinajstić information content (AvgIpc) is 3.15. The number of hydrogen-bond donors (Lipinski definition) is 2. The van der Waals surface area contributed by atoms with Crippen molar-refractivity contribution in [3.05, 3.63) is 64.9 Å². The number of thioether (sulfide) groups is 1. The van der Waals surface area contributed by atoms with E-state index in [2.05, 4.69) is 25.1 Å². The number of nitrogens with two attached hydrogens (primary N) is 2. The number of nitrogens with zero attached hydrogens (tertiary/aromatic N) is 6. The molecule has 0 fully saturated rings. The molecule has 4 aromatic rings. The molecule has 4 N–H and O–H groups in total. The number of anilines is 2. The predicted octanol–water partition coefficient (Wildman–Crippen LogP) is 4.25. The Hall–Kier alpha value is -3.38. The number of nitrogen functional groups attached to an aromatic ring is 2. The van der Waals surface area contributed by atoms with Gasteiger partial charge < -0.3 is 11.5 Å². The lowest BCUT2D eigenvalue weighted by Gasteiger charge is -2.16. The SMILES string of the molecule is Nc1nc(N)nc(CSc2nnc(-c3cccc(Cl)c3)n2-c2ccccc2C(F)(F)F)n1. The number of para-hydroxylation sites is 1. The summed E-state index contributed by atoms with van der Waals surface area (Å²) in [7, 11) is 0. The molecule has 164 valence electrons. The van der Waals surface area contributed by atoms with Crippen LogP contribution in [-0.2, 0) is 11.9 Å². The Labute approximate surface area is 188 Å². The molecule has 32 heavy (non-hydrogen) atoms. The lowest BCUT2D eigenvalue weighted by molar-refractivity contribution is -0.137. The normalized spacial score (nSPS) is 11.6. The smallest absolute Gasteiger partial charge is 0.368 e. The van der Waals surface area contributed by atoms with Gasteiger partial charge in [-0.05, 0) is 24.3 Å². The van der Waals surface area contributed by atoms with E-state index in [0.29, 0.717) is 10.6 Å². The van der Waals surface area contributed by atoms with Gasteiger partial charge in [-0.2, -0.15) is 28.1 Å². The monoisotopic (exact) mass is 478 g/mol. The quantitative estimate of drug-likeness (QED) is 0.408. The fraction of sp³-hybridized carbons (Fsp3) is 0.105. The predicted molar refractivity (Wildman–Crippen MR) is 115 cm³/mol. The Kier molecular flexibility index (Phi) is 5.89. The van der Waals surface area contributed by atoms with Crippen LogP contribution in [0.3, 0.4) is 0 Å². The van der Waals surface area contributed by atoms with Gasteiger partial charge in [0.2, 0.25) is 11.9 Å². The highest BCUT2D eigenvalue weighted by molar-refractivity contribution is 7.98. The molecular weight excluding hydrogens is 465 g/mol. The molecule has 2 heterocycles. The summed E-state index contributed by atoms with van der Waals surface area (Å²) >= 11 is 7.16. The van der Waals surface area contributed by atoms with Crippen molar-refractivity contribution in [2.24, 2.45) is 0 Å². The maximum absolute atomic E-state index is 13.8. The van der Waals surface area contributed by atoms with Crippen molar-refractivity contribution < 1.29 is 13.2 Å². The molecule has 0 aliphatic heterocycles. The molecule has 0 unspecified atom stereocenters.